The zero-order valence-corrected chi connectivity index (χ0v) is 14.2. The summed E-state index contributed by atoms with van der Waals surface area (Å²) >= 11 is 0. The molecule has 6 heteroatoms. The van der Waals surface area contributed by atoms with E-state index in [-0.39, 0.29) is 18.0 Å². The van der Waals surface area contributed by atoms with Crippen LogP contribution in [0.25, 0.3) is 0 Å². The second-order valence-electron chi connectivity index (χ2n) is 6.35. The van der Waals surface area contributed by atoms with Gasteiger partial charge in [-0.15, -0.1) is 0 Å². The van der Waals surface area contributed by atoms with Crippen molar-refractivity contribution in [2.45, 2.75) is 38.6 Å². The smallest absolute Gasteiger partial charge is 0.414 e. The molecule has 130 valence electrons. The topological polar surface area (TPSA) is 61.9 Å². The number of rotatable bonds is 5. The highest BCUT2D eigenvalue weighted by Crippen LogP contribution is 2.24. The maximum absolute atomic E-state index is 12.7. The molecular formula is C18H25N3O3. The Morgan fingerprint density at radius 1 is 1.33 bits per heavy atom. The predicted molar refractivity (Wildman–Crippen MR) is 93.3 cm³/mol. The van der Waals surface area contributed by atoms with Gasteiger partial charge in [-0.2, -0.15) is 0 Å². The fourth-order valence-corrected chi connectivity index (χ4v) is 3.45. The van der Waals surface area contributed by atoms with Crippen molar-refractivity contribution in [3.63, 3.8) is 0 Å². The summed E-state index contributed by atoms with van der Waals surface area (Å²) in [6, 6.07) is 7.33. The number of hydrogen-bond acceptors (Lipinski definition) is 4. The Hall–Kier alpha value is -2.08. The van der Waals surface area contributed by atoms with E-state index in [0.29, 0.717) is 13.2 Å². The second-order valence-corrected chi connectivity index (χ2v) is 6.35. The van der Waals surface area contributed by atoms with Crippen LogP contribution < -0.4 is 10.2 Å². The first-order valence-corrected chi connectivity index (χ1v) is 8.78. The molecule has 1 unspecified atom stereocenters. The summed E-state index contributed by atoms with van der Waals surface area (Å²) in [6.07, 6.45) is 3.88. The SMILES string of the molecule is CCCN1CCCCC1C(=O)Nc1cccc(N2CCOC2=O)c1. The Morgan fingerprint density at radius 2 is 2.21 bits per heavy atom. The fraction of sp³-hybridized carbons (Fsp3) is 0.556. The zero-order valence-electron chi connectivity index (χ0n) is 14.2. The van der Waals surface area contributed by atoms with Crippen molar-refractivity contribution in [1.82, 2.24) is 4.90 Å². The number of carbonyl (C=O) groups excluding carboxylic acids is 2. The summed E-state index contributed by atoms with van der Waals surface area (Å²) in [6.45, 7) is 5.04. The number of benzene rings is 1. The largest absolute Gasteiger partial charge is 0.447 e. The molecule has 6 nitrogen and oxygen atoms in total. The molecule has 2 heterocycles. The van der Waals surface area contributed by atoms with E-state index in [4.69, 9.17) is 4.74 Å². The minimum absolute atomic E-state index is 0.0456. The molecule has 0 spiro atoms. The van der Waals surface area contributed by atoms with Crippen LogP contribution in [0.3, 0.4) is 0 Å². The first-order chi connectivity index (χ1) is 11.7. The highest BCUT2D eigenvalue weighted by molar-refractivity contribution is 5.96. The molecule has 2 aliphatic rings. The van der Waals surface area contributed by atoms with E-state index in [1.54, 1.807) is 4.90 Å². The van der Waals surface area contributed by atoms with Gasteiger partial charge < -0.3 is 10.1 Å². The van der Waals surface area contributed by atoms with E-state index >= 15 is 0 Å². The molecule has 0 aromatic heterocycles. The number of ether oxygens (including phenoxy) is 1. The minimum atomic E-state index is -0.333. The number of nitrogens with one attached hydrogen (secondary N) is 1. The number of anilines is 2. The zero-order chi connectivity index (χ0) is 16.9. The summed E-state index contributed by atoms with van der Waals surface area (Å²) in [5.74, 6) is 0.0456. The number of hydrogen-bond donors (Lipinski definition) is 1. The van der Waals surface area contributed by atoms with Crippen LogP contribution in [0, 0.1) is 0 Å². The average Bonchev–Trinajstić information content (AvgIpc) is 3.02. The van der Waals surface area contributed by atoms with Crippen LogP contribution >= 0.6 is 0 Å². The van der Waals surface area contributed by atoms with Crippen LogP contribution in [0.1, 0.15) is 32.6 Å². The fourth-order valence-electron chi connectivity index (χ4n) is 3.45. The van der Waals surface area contributed by atoms with Crippen molar-refractivity contribution in [2.75, 3.05) is 36.5 Å². The molecule has 1 N–H and O–H groups in total. The number of likely N-dealkylation sites (tertiary alicyclic amines) is 1. The minimum Gasteiger partial charge on any atom is -0.447 e. The molecule has 24 heavy (non-hydrogen) atoms. The van der Waals surface area contributed by atoms with Crippen molar-refractivity contribution in [1.29, 1.82) is 0 Å². The van der Waals surface area contributed by atoms with E-state index in [1.165, 1.54) is 0 Å². The molecule has 1 aromatic carbocycles. The van der Waals surface area contributed by atoms with Gasteiger partial charge >= 0.3 is 6.09 Å². The summed E-state index contributed by atoms with van der Waals surface area (Å²) in [4.78, 5) is 28.2. The molecular weight excluding hydrogens is 306 g/mol. The van der Waals surface area contributed by atoms with Gasteiger partial charge in [-0.1, -0.05) is 19.4 Å². The molecule has 1 aromatic rings. The van der Waals surface area contributed by atoms with Crippen LogP contribution in [0.2, 0.25) is 0 Å². The Labute approximate surface area is 142 Å². The highest BCUT2D eigenvalue weighted by Gasteiger charge is 2.28. The quantitative estimate of drug-likeness (QED) is 0.901. The molecule has 0 bridgehead atoms. The standard InChI is InChI=1S/C18H25N3O3/c1-2-9-20-10-4-3-8-16(20)17(22)19-14-6-5-7-15(13-14)21-11-12-24-18(21)23/h5-7,13,16H,2-4,8-12H2,1H3,(H,19,22). The predicted octanol–water partition coefficient (Wildman–Crippen LogP) is 2.85. The summed E-state index contributed by atoms with van der Waals surface area (Å²) in [7, 11) is 0. The Balaban J connectivity index is 1.68. The monoisotopic (exact) mass is 331 g/mol. The van der Waals surface area contributed by atoms with Gasteiger partial charge in [-0.3, -0.25) is 14.6 Å². The number of carbonyl (C=O) groups is 2. The van der Waals surface area contributed by atoms with Gasteiger partial charge in [0.1, 0.15) is 6.61 Å². The van der Waals surface area contributed by atoms with Crippen molar-refractivity contribution in [3.8, 4) is 0 Å². The third kappa shape index (κ3) is 3.70. The van der Waals surface area contributed by atoms with Crippen LogP contribution in [-0.4, -0.2) is 49.2 Å². The third-order valence-corrected chi connectivity index (χ3v) is 4.61. The maximum atomic E-state index is 12.7. The molecule has 2 fully saturated rings. The lowest BCUT2D eigenvalue weighted by Crippen LogP contribution is -2.47. The van der Waals surface area contributed by atoms with Gasteiger partial charge in [0.2, 0.25) is 5.91 Å². The molecule has 0 saturated carbocycles. The number of cyclic esters (lactones) is 1. The molecule has 2 saturated heterocycles. The lowest BCUT2D eigenvalue weighted by molar-refractivity contribution is -0.122. The Morgan fingerprint density at radius 3 is 2.96 bits per heavy atom. The molecule has 0 radical (unpaired) electrons. The van der Waals surface area contributed by atoms with Crippen LogP contribution in [-0.2, 0) is 9.53 Å². The van der Waals surface area contributed by atoms with E-state index in [0.717, 1.165) is 50.1 Å². The number of nitrogens with zero attached hydrogens (tertiary/aromatic N) is 2. The lowest BCUT2D eigenvalue weighted by atomic mass is 10.0. The average molecular weight is 331 g/mol. The molecule has 1 atom stereocenters. The highest BCUT2D eigenvalue weighted by atomic mass is 16.6. The van der Waals surface area contributed by atoms with E-state index in [2.05, 4.69) is 17.1 Å². The van der Waals surface area contributed by atoms with E-state index in [1.807, 2.05) is 24.3 Å². The Kier molecular flexibility index (Phi) is 5.35. The molecule has 0 aliphatic carbocycles. The first kappa shape index (κ1) is 16.8. The number of amides is 2. The van der Waals surface area contributed by atoms with Crippen molar-refractivity contribution in [3.05, 3.63) is 24.3 Å². The van der Waals surface area contributed by atoms with Crippen molar-refractivity contribution >= 4 is 23.4 Å². The van der Waals surface area contributed by atoms with Gasteiger partial charge in [0.15, 0.2) is 0 Å². The summed E-state index contributed by atoms with van der Waals surface area (Å²) in [5.41, 5.74) is 1.48. The van der Waals surface area contributed by atoms with Gasteiger partial charge in [0.05, 0.1) is 12.6 Å². The van der Waals surface area contributed by atoms with E-state index < -0.39 is 0 Å². The summed E-state index contributed by atoms with van der Waals surface area (Å²) < 4.78 is 4.97. The van der Waals surface area contributed by atoms with Crippen molar-refractivity contribution < 1.29 is 14.3 Å². The van der Waals surface area contributed by atoms with E-state index in [9.17, 15) is 9.59 Å². The van der Waals surface area contributed by atoms with Crippen LogP contribution in [0.15, 0.2) is 24.3 Å². The second kappa shape index (κ2) is 7.66. The van der Waals surface area contributed by atoms with Gasteiger partial charge in [0.25, 0.3) is 0 Å². The molecule has 2 amide bonds. The Bertz CT molecular complexity index is 603. The summed E-state index contributed by atoms with van der Waals surface area (Å²) in [5, 5.41) is 3.02. The molecule has 3 rings (SSSR count). The van der Waals surface area contributed by atoms with Crippen LogP contribution in [0.5, 0.6) is 0 Å². The van der Waals surface area contributed by atoms with Gasteiger partial charge in [0, 0.05) is 11.4 Å². The number of piperidine rings is 1. The normalized spacial score (nSPS) is 21.6. The van der Waals surface area contributed by atoms with Gasteiger partial charge in [-0.05, 0) is 50.6 Å². The maximum Gasteiger partial charge on any atom is 0.414 e. The van der Waals surface area contributed by atoms with Crippen LogP contribution in [0.4, 0.5) is 16.2 Å². The van der Waals surface area contributed by atoms with Gasteiger partial charge in [-0.25, -0.2) is 4.79 Å². The molecule has 2 aliphatic heterocycles. The lowest BCUT2D eigenvalue weighted by Gasteiger charge is -2.34. The first-order valence-electron chi connectivity index (χ1n) is 8.78. The van der Waals surface area contributed by atoms with Crippen molar-refractivity contribution in [2.24, 2.45) is 0 Å². The third-order valence-electron chi connectivity index (χ3n) is 4.61.